The summed E-state index contributed by atoms with van der Waals surface area (Å²) in [4.78, 5) is 18.5. The van der Waals surface area contributed by atoms with Gasteiger partial charge in [-0.15, -0.1) is 0 Å². The van der Waals surface area contributed by atoms with Gasteiger partial charge in [0, 0.05) is 28.2 Å². The van der Waals surface area contributed by atoms with E-state index in [1.54, 1.807) is 11.1 Å². The van der Waals surface area contributed by atoms with Crippen LogP contribution in [0.2, 0.25) is 0 Å². The minimum absolute atomic E-state index is 0.318. The van der Waals surface area contributed by atoms with Crippen LogP contribution < -0.4 is 4.90 Å². The predicted molar refractivity (Wildman–Crippen MR) is 110 cm³/mol. The summed E-state index contributed by atoms with van der Waals surface area (Å²) in [5, 5.41) is 12.7. The number of hydrogen-bond acceptors (Lipinski definition) is 2. The standard InChI is InChI=1S/C24H20N2O2/c1-16-11-12-22-19(13-16)24(28,20-14-25-21-10-6-5-9-18(20)21)23(27)26(22)15-17-7-3-2-4-8-17/h2-14,25,28H,15H2,1H3. The lowest BCUT2D eigenvalue weighted by Crippen LogP contribution is -2.40. The van der Waals surface area contributed by atoms with Crippen molar-refractivity contribution in [3.63, 3.8) is 0 Å². The smallest absolute Gasteiger partial charge is 0.268 e. The Morgan fingerprint density at radius 2 is 1.71 bits per heavy atom. The molecule has 2 N–H and O–H groups in total. The quantitative estimate of drug-likeness (QED) is 0.568. The zero-order valence-electron chi connectivity index (χ0n) is 15.5. The Hall–Kier alpha value is -3.37. The molecule has 0 saturated heterocycles. The van der Waals surface area contributed by atoms with Crippen molar-refractivity contribution >= 4 is 22.5 Å². The zero-order valence-corrected chi connectivity index (χ0v) is 15.5. The van der Waals surface area contributed by atoms with Gasteiger partial charge >= 0.3 is 0 Å². The van der Waals surface area contributed by atoms with Crippen molar-refractivity contribution in [3.05, 3.63) is 101 Å². The van der Waals surface area contributed by atoms with Crippen LogP contribution in [0.25, 0.3) is 10.9 Å². The number of aromatic nitrogens is 1. The van der Waals surface area contributed by atoms with E-state index in [1.165, 1.54) is 0 Å². The third-order valence-electron chi connectivity index (χ3n) is 5.55. The van der Waals surface area contributed by atoms with Gasteiger partial charge in [-0.3, -0.25) is 4.79 Å². The predicted octanol–water partition coefficient (Wildman–Crippen LogP) is 4.26. The number of amides is 1. The van der Waals surface area contributed by atoms with Gasteiger partial charge in [-0.25, -0.2) is 0 Å². The summed E-state index contributed by atoms with van der Waals surface area (Å²) in [6.07, 6.45) is 1.75. The van der Waals surface area contributed by atoms with E-state index in [9.17, 15) is 9.90 Å². The minimum atomic E-state index is -1.71. The SMILES string of the molecule is Cc1ccc2c(c1)C(O)(c1c[nH]c3ccccc13)C(=O)N2Cc1ccccc1. The Morgan fingerprint density at radius 3 is 2.54 bits per heavy atom. The second-order valence-corrected chi connectivity index (χ2v) is 7.36. The number of benzene rings is 3. The zero-order chi connectivity index (χ0) is 19.3. The second-order valence-electron chi connectivity index (χ2n) is 7.36. The molecular formula is C24H20N2O2. The number of anilines is 1. The van der Waals surface area contributed by atoms with E-state index >= 15 is 0 Å². The van der Waals surface area contributed by atoms with E-state index in [2.05, 4.69) is 4.98 Å². The third kappa shape index (κ3) is 2.31. The van der Waals surface area contributed by atoms with Gasteiger partial charge in [-0.1, -0.05) is 66.2 Å². The first-order chi connectivity index (χ1) is 13.6. The highest BCUT2D eigenvalue weighted by molar-refractivity contribution is 6.11. The van der Waals surface area contributed by atoms with Crippen molar-refractivity contribution < 1.29 is 9.90 Å². The number of carbonyl (C=O) groups excluding carboxylic acids is 1. The Labute approximate surface area is 163 Å². The van der Waals surface area contributed by atoms with Gasteiger partial charge in [-0.2, -0.15) is 0 Å². The first-order valence-electron chi connectivity index (χ1n) is 9.35. The summed E-state index contributed by atoms with van der Waals surface area (Å²) in [7, 11) is 0. The van der Waals surface area contributed by atoms with Crippen LogP contribution in [0.15, 0.2) is 79.0 Å². The molecule has 1 aliphatic heterocycles. The summed E-state index contributed by atoms with van der Waals surface area (Å²) < 4.78 is 0. The van der Waals surface area contributed by atoms with Gasteiger partial charge in [0.15, 0.2) is 5.60 Å². The fourth-order valence-corrected chi connectivity index (χ4v) is 4.15. The van der Waals surface area contributed by atoms with Gasteiger partial charge in [0.1, 0.15) is 0 Å². The van der Waals surface area contributed by atoms with Crippen molar-refractivity contribution in [2.75, 3.05) is 4.90 Å². The molecular weight excluding hydrogens is 348 g/mol. The maximum absolute atomic E-state index is 13.6. The first-order valence-corrected chi connectivity index (χ1v) is 9.35. The molecule has 4 heteroatoms. The molecule has 4 aromatic rings. The van der Waals surface area contributed by atoms with E-state index in [0.717, 1.165) is 27.7 Å². The van der Waals surface area contributed by atoms with Crippen LogP contribution in [0.3, 0.4) is 0 Å². The van der Waals surface area contributed by atoms with Gasteiger partial charge in [0.2, 0.25) is 0 Å². The molecule has 1 aromatic heterocycles. The van der Waals surface area contributed by atoms with E-state index in [-0.39, 0.29) is 5.91 Å². The fourth-order valence-electron chi connectivity index (χ4n) is 4.15. The molecule has 3 aromatic carbocycles. The molecule has 2 heterocycles. The highest BCUT2D eigenvalue weighted by Gasteiger charge is 2.52. The maximum Gasteiger partial charge on any atom is 0.268 e. The second kappa shape index (κ2) is 6.08. The fraction of sp³-hybridized carbons (Fsp3) is 0.125. The van der Waals surface area contributed by atoms with E-state index in [4.69, 9.17) is 0 Å². The van der Waals surface area contributed by atoms with Crippen LogP contribution in [0, 0.1) is 6.92 Å². The molecule has 1 aliphatic rings. The lowest BCUT2D eigenvalue weighted by molar-refractivity contribution is -0.132. The lowest BCUT2D eigenvalue weighted by atomic mass is 9.86. The van der Waals surface area contributed by atoms with E-state index < -0.39 is 5.60 Å². The molecule has 1 amide bonds. The molecule has 0 fully saturated rings. The molecule has 4 nitrogen and oxygen atoms in total. The van der Waals surface area contributed by atoms with Gasteiger partial charge < -0.3 is 15.0 Å². The number of carbonyl (C=O) groups is 1. The molecule has 5 rings (SSSR count). The largest absolute Gasteiger partial charge is 0.372 e. The van der Waals surface area contributed by atoms with E-state index in [0.29, 0.717) is 17.7 Å². The Morgan fingerprint density at radius 1 is 0.964 bits per heavy atom. The molecule has 0 spiro atoms. The molecule has 0 aliphatic carbocycles. The van der Waals surface area contributed by atoms with Crippen molar-refractivity contribution in [2.45, 2.75) is 19.1 Å². The summed E-state index contributed by atoms with van der Waals surface area (Å²) >= 11 is 0. The molecule has 28 heavy (non-hydrogen) atoms. The van der Waals surface area contributed by atoms with Crippen LogP contribution in [0.5, 0.6) is 0 Å². The maximum atomic E-state index is 13.6. The van der Waals surface area contributed by atoms with Gasteiger partial charge in [0.05, 0.1) is 12.2 Å². The average molecular weight is 368 g/mol. The molecule has 1 unspecified atom stereocenters. The summed E-state index contributed by atoms with van der Waals surface area (Å²) in [5.41, 5.74) is 3.20. The highest BCUT2D eigenvalue weighted by atomic mass is 16.3. The Bertz CT molecular complexity index is 1200. The average Bonchev–Trinajstić information content (AvgIpc) is 3.24. The number of aromatic amines is 1. The van der Waals surface area contributed by atoms with Crippen LogP contribution in [-0.4, -0.2) is 16.0 Å². The number of hydrogen-bond donors (Lipinski definition) is 2. The summed E-state index contributed by atoms with van der Waals surface area (Å²) in [6.45, 7) is 2.39. The van der Waals surface area contributed by atoms with Crippen LogP contribution in [0.4, 0.5) is 5.69 Å². The molecule has 138 valence electrons. The van der Waals surface area contributed by atoms with Crippen molar-refractivity contribution in [1.29, 1.82) is 0 Å². The number of fused-ring (bicyclic) bond motifs is 2. The Balaban J connectivity index is 1.71. The topological polar surface area (TPSA) is 56.3 Å². The van der Waals surface area contributed by atoms with Crippen molar-refractivity contribution in [2.24, 2.45) is 0 Å². The Kier molecular flexibility index (Phi) is 3.64. The first kappa shape index (κ1) is 16.8. The number of rotatable bonds is 3. The van der Waals surface area contributed by atoms with Crippen molar-refractivity contribution in [3.8, 4) is 0 Å². The normalized spacial score (nSPS) is 18.6. The number of H-pyrrole nitrogens is 1. The number of nitrogens with one attached hydrogen (secondary N) is 1. The van der Waals surface area contributed by atoms with Gasteiger partial charge in [-0.05, 0) is 24.6 Å². The van der Waals surface area contributed by atoms with Crippen LogP contribution in [-0.2, 0) is 16.9 Å². The third-order valence-corrected chi connectivity index (χ3v) is 5.55. The highest BCUT2D eigenvalue weighted by Crippen LogP contribution is 2.47. The van der Waals surface area contributed by atoms with Crippen LogP contribution in [0.1, 0.15) is 22.3 Å². The van der Waals surface area contributed by atoms with Gasteiger partial charge in [0.25, 0.3) is 5.91 Å². The van der Waals surface area contributed by atoms with Crippen LogP contribution >= 0.6 is 0 Å². The summed E-state index contributed by atoms with van der Waals surface area (Å²) in [6, 6.07) is 23.4. The number of para-hydroxylation sites is 1. The van der Waals surface area contributed by atoms with E-state index in [1.807, 2.05) is 79.7 Å². The molecule has 0 saturated carbocycles. The van der Waals surface area contributed by atoms with Crippen molar-refractivity contribution in [1.82, 2.24) is 4.98 Å². The lowest BCUT2D eigenvalue weighted by Gasteiger charge is -2.23. The number of aryl methyl sites for hydroxylation is 1. The molecule has 1 atom stereocenters. The number of aliphatic hydroxyl groups is 1. The molecule has 0 bridgehead atoms. The monoisotopic (exact) mass is 368 g/mol. The number of nitrogens with zero attached hydrogens (tertiary/aromatic N) is 1. The molecule has 0 radical (unpaired) electrons. The minimum Gasteiger partial charge on any atom is -0.372 e. The summed E-state index contributed by atoms with van der Waals surface area (Å²) in [5.74, 6) is -0.318.